The second-order valence-electron chi connectivity index (χ2n) is 7.96. The number of ether oxygens (including phenoxy) is 1. The predicted octanol–water partition coefficient (Wildman–Crippen LogP) is 0.582. The largest absolute Gasteiger partial charge is 0.375 e. The summed E-state index contributed by atoms with van der Waals surface area (Å²) in [6.45, 7) is 4.62. The van der Waals surface area contributed by atoms with Gasteiger partial charge in [0.05, 0.1) is 16.7 Å². The van der Waals surface area contributed by atoms with Crippen molar-refractivity contribution >= 4 is 21.7 Å². The molecular weight excluding hydrogens is 368 g/mol. The third-order valence-corrected chi connectivity index (χ3v) is 7.99. The highest BCUT2D eigenvalue weighted by molar-refractivity contribution is 7.91. The zero-order valence-electron chi connectivity index (χ0n) is 15.8. The lowest BCUT2D eigenvalue weighted by Crippen LogP contribution is -2.38. The number of nitrogens with zero attached hydrogens (tertiary/aromatic N) is 4. The van der Waals surface area contributed by atoms with Gasteiger partial charge in [-0.1, -0.05) is 6.92 Å². The Morgan fingerprint density at radius 1 is 1.33 bits per heavy atom. The summed E-state index contributed by atoms with van der Waals surface area (Å²) in [6.07, 6.45) is 3.99. The highest BCUT2D eigenvalue weighted by Gasteiger charge is 2.48. The van der Waals surface area contributed by atoms with E-state index in [2.05, 4.69) is 16.8 Å². The molecule has 0 spiro atoms. The molecule has 8 nitrogen and oxygen atoms in total. The Morgan fingerprint density at radius 2 is 2.15 bits per heavy atom. The first-order valence-corrected chi connectivity index (χ1v) is 11.2. The van der Waals surface area contributed by atoms with Crippen LogP contribution in [0.25, 0.3) is 0 Å². The van der Waals surface area contributed by atoms with Gasteiger partial charge in [0.25, 0.3) is 0 Å². The molecule has 9 heteroatoms. The Labute approximate surface area is 159 Å². The zero-order valence-corrected chi connectivity index (χ0v) is 16.6. The molecule has 0 aromatic carbocycles. The number of hydrogen-bond acceptors (Lipinski definition) is 7. The lowest BCUT2D eigenvalue weighted by Gasteiger charge is -2.32. The summed E-state index contributed by atoms with van der Waals surface area (Å²) in [6, 6.07) is 0. The summed E-state index contributed by atoms with van der Waals surface area (Å²) in [5.74, 6) is 0.762. The van der Waals surface area contributed by atoms with Crippen LogP contribution in [0.2, 0.25) is 0 Å². The fraction of sp³-hybridized carbons (Fsp3) is 0.722. The maximum absolute atomic E-state index is 12.7. The van der Waals surface area contributed by atoms with Crippen LogP contribution in [0.4, 0.5) is 5.95 Å². The smallest absolute Gasteiger partial charge is 0.248 e. The van der Waals surface area contributed by atoms with Crippen LogP contribution in [-0.4, -0.2) is 74.3 Å². The van der Waals surface area contributed by atoms with Crippen molar-refractivity contribution < 1.29 is 17.9 Å². The van der Waals surface area contributed by atoms with Gasteiger partial charge in [-0.3, -0.25) is 4.79 Å². The van der Waals surface area contributed by atoms with E-state index in [1.807, 2.05) is 0 Å². The molecular formula is C18H26N4O4S. The number of methoxy groups -OCH3 is 1. The van der Waals surface area contributed by atoms with E-state index in [4.69, 9.17) is 9.72 Å². The van der Waals surface area contributed by atoms with E-state index < -0.39 is 15.1 Å². The van der Waals surface area contributed by atoms with Crippen molar-refractivity contribution in [2.24, 2.45) is 5.92 Å². The first kappa shape index (κ1) is 18.6. The number of piperidine rings is 1. The maximum atomic E-state index is 12.7. The number of anilines is 1. The Bertz CT molecular complexity index is 844. The molecule has 3 atom stereocenters. The lowest BCUT2D eigenvalue weighted by molar-refractivity contribution is -0.134. The SMILES string of the molecule is COCC(=O)N1C[C@@H]2c3nc(N4CCC[C@@H](C)C4)ncc3CS(=O)(=O)[C@@H]2C1. The van der Waals surface area contributed by atoms with Crippen LogP contribution >= 0.6 is 0 Å². The van der Waals surface area contributed by atoms with Crippen LogP contribution < -0.4 is 4.90 Å². The Kier molecular flexibility index (Phi) is 4.84. The molecule has 0 saturated carbocycles. The van der Waals surface area contributed by atoms with Crippen LogP contribution in [0, 0.1) is 5.92 Å². The highest BCUT2D eigenvalue weighted by atomic mass is 32.2. The highest BCUT2D eigenvalue weighted by Crippen LogP contribution is 2.39. The molecule has 2 fully saturated rings. The fourth-order valence-corrected chi connectivity index (χ4v) is 6.50. The van der Waals surface area contributed by atoms with Crippen LogP contribution in [0.5, 0.6) is 0 Å². The summed E-state index contributed by atoms with van der Waals surface area (Å²) < 4.78 is 30.4. The molecule has 1 aromatic heterocycles. The van der Waals surface area contributed by atoms with Gasteiger partial charge in [0, 0.05) is 51.0 Å². The Morgan fingerprint density at radius 3 is 2.89 bits per heavy atom. The quantitative estimate of drug-likeness (QED) is 0.740. The first-order chi connectivity index (χ1) is 12.9. The number of likely N-dealkylation sites (tertiary alicyclic amines) is 1. The minimum Gasteiger partial charge on any atom is -0.375 e. The number of hydrogen-bond donors (Lipinski definition) is 0. The van der Waals surface area contributed by atoms with Crippen molar-refractivity contribution in [3.8, 4) is 0 Å². The van der Waals surface area contributed by atoms with Crippen molar-refractivity contribution in [2.45, 2.75) is 36.7 Å². The average molecular weight is 394 g/mol. The molecule has 0 unspecified atom stereocenters. The Balaban J connectivity index is 1.66. The molecule has 27 heavy (non-hydrogen) atoms. The zero-order chi connectivity index (χ0) is 19.2. The van der Waals surface area contributed by atoms with E-state index in [-0.39, 0.29) is 30.7 Å². The topological polar surface area (TPSA) is 92.7 Å². The maximum Gasteiger partial charge on any atom is 0.248 e. The molecule has 1 amide bonds. The number of rotatable bonds is 3. The van der Waals surface area contributed by atoms with Gasteiger partial charge in [0.2, 0.25) is 11.9 Å². The number of sulfone groups is 1. The van der Waals surface area contributed by atoms with Crippen molar-refractivity contribution in [3.63, 3.8) is 0 Å². The van der Waals surface area contributed by atoms with Gasteiger partial charge in [-0.05, 0) is 18.8 Å². The molecule has 0 N–H and O–H groups in total. The molecule has 148 valence electrons. The van der Waals surface area contributed by atoms with Gasteiger partial charge >= 0.3 is 0 Å². The number of fused-ring (bicyclic) bond motifs is 3. The number of aromatic nitrogens is 2. The van der Waals surface area contributed by atoms with E-state index in [1.54, 1.807) is 11.1 Å². The molecule has 3 aliphatic rings. The number of amides is 1. The normalized spacial score (nSPS) is 29.3. The third kappa shape index (κ3) is 3.42. The molecule has 3 aliphatic heterocycles. The van der Waals surface area contributed by atoms with Crippen LogP contribution in [-0.2, 0) is 25.1 Å². The van der Waals surface area contributed by atoms with Gasteiger partial charge in [0.15, 0.2) is 9.84 Å². The van der Waals surface area contributed by atoms with Crippen LogP contribution in [0.3, 0.4) is 0 Å². The number of carbonyl (C=O) groups is 1. The number of carbonyl (C=O) groups excluding carboxylic acids is 1. The summed E-state index contributed by atoms with van der Waals surface area (Å²) in [5.41, 5.74) is 1.47. The van der Waals surface area contributed by atoms with Crippen molar-refractivity contribution in [3.05, 3.63) is 17.5 Å². The standard InChI is InChI=1S/C18H26N4O4S/c1-12-4-3-5-21(7-12)18-19-6-13-11-27(24,25)15-9-22(16(23)10-26-2)8-14(15)17(13)20-18/h6,12,14-15H,3-5,7-11H2,1-2H3/t12-,14+,15-/m1/s1. The van der Waals surface area contributed by atoms with Gasteiger partial charge in [-0.2, -0.15) is 0 Å². The summed E-state index contributed by atoms with van der Waals surface area (Å²) >= 11 is 0. The lowest BCUT2D eigenvalue weighted by atomic mass is 9.99. The second-order valence-corrected chi connectivity index (χ2v) is 10.2. The molecule has 0 bridgehead atoms. The van der Waals surface area contributed by atoms with Gasteiger partial charge in [-0.25, -0.2) is 18.4 Å². The molecule has 0 aliphatic carbocycles. The van der Waals surface area contributed by atoms with Crippen molar-refractivity contribution in [1.82, 2.24) is 14.9 Å². The van der Waals surface area contributed by atoms with E-state index >= 15 is 0 Å². The molecule has 1 aromatic rings. The summed E-state index contributed by atoms with van der Waals surface area (Å²) in [5, 5.41) is -0.589. The Hall–Kier alpha value is -1.74. The first-order valence-electron chi connectivity index (χ1n) is 9.48. The second kappa shape index (κ2) is 7.01. The van der Waals surface area contributed by atoms with Crippen molar-refractivity contribution in [2.75, 3.05) is 44.8 Å². The monoisotopic (exact) mass is 394 g/mol. The van der Waals surface area contributed by atoms with Gasteiger partial charge in [0.1, 0.15) is 6.61 Å². The van der Waals surface area contributed by atoms with E-state index in [0.29, 0.717) is 24.0 Å². The van der Waals surface area contributed by atoms with Gasteiger partial charge < -0.3 is 14.5 Å². The van der Waals surface area contributed by atoms with E-state index in [9.17, 15) is 13.2 Å². The van der Waals surface area contributed by atoms with Gasteiger partial charge in [-0.15, -0.1) is 0 Å². The van der Waals surface area contributed by atoms with E-state index in [0.717, 1.165) is 25.2 Å². The molecule has 2 saturated heterocycles. The molecule has 4 heterocycles. The molecule has 4 rings (SSSR count). The minimum absolute atomic E-state index is 0.0347. The summed E-state index contributed by atoms with van der Waals surface area (Å²) in [7, 11) is -1.87. The average Bonchev–Trinajstić information content (AvgIpc) is 3.08. The van der Waals surface area contributed by atoms with E-state index in [1.165, 1.54) is 13.5 Å². The van der Waals surface area contributed by atoms with Crippen LogP contribution in [0.1, 0.15) is 36.9 Å². The fourth-order valence-electron chi connectivity index (χ4n) is 4.51. The predicted molar refractivity (Wildman–Crippen MR) is 100 cm³/mol. The summed E-state index contributed by atoms with van der Waals surface area (Å²) in [4.78, 5) is 25.3. The minimum atomic E-state index is -3.33. The third-order valence-electron chi connectivity index (χ3n) is 5.88. The van der Waals surface area contributed by atoms with Crippen LogP contribution in [0.15, 0.2) is 6.20 Å². The molecule has 0 radical (unpaired) electrons. The van der Waals surface area contributed by atoms with Crippen molar-refractivity contribution in [1.29, 1.82) is 0 Å².